The minimum absolute atomic E-state index is 0.0475. The zero-order valence-electron chi connectivity index (χ0n) is 12.7. The second kappa shape index (κ2) is 6.88. The van der Waals surface area contributed by atoms with E-state index in [2.05, 4.69) is 34.6 Å². The van der Waals surface area contributed by atoms with Gasteiger partial charge in [0.25, 0.3) is 0 Å². The fourth-order valence-electron chi connectivity index (χ4n) is 2.97. The van der Waals surface area contributed by atoms with Crippen LogP contribution < -0.4 is 5.32 Å². The Morgan fingerprint density at radius 3 is 3.14 bits per heavy atom. The van der Waals surface area contributed by atoms with E-state index in [-0.39, 0.29) is 5.91 Å². The number of nitrogens with one attached hydrogen (secondary N) is 1. The molecule has 114 valence electrons. The van der Waals surface area contributed by atoms with E-state index >= 15 is 0 Å². The van der Waals surface area contributed by atoms with Gasteiger partial charge < -0.3 is 5.32 Å². The smallest absolute Gasteiger partial charge is 0.244 e. The quantitative estimate of drug-likeness (QED) is 0.875. The van der Waals surface area contributed by atoms with Crippen molar-refractivity contribution in [3.05, 3.63) is 57.6 Å². The average molecular weight is 312 g/mol. The molecule has 3 nitrogen and oxygen atoms in total. The van der Waals surface area contributed by atoms with E-state index in [0.717, 1.165) is 23.5 Å². The summed E-state index contributed by atoms with van der Waals surface area (Å²) in [6.45, 7) is 2.67. The van der Waals surface area contributed by atoms with E-state index in [9.17, 15) is 4.79 Å². The van der Waals surface area contributed by atoms with Crippen LogP contribution in [0.1, 0.15) is 40.6 Å². The van der Waals surface area contributed by atoms with Gasteiger partial charge in [0, 0.05) is 23.9 Å². The molecular formula is C18H20N2OS. The number of nitrogens with zero attached hydrogens (tertiary/aromatic N) is 1. The van der Waals surface area contributed by atoms with Crippen LogP contribution in [0.4, 0.5) is 0 Å². The van der Waals surface area contributed by atoms with Gasteiger partial charge in [-0.15, -0.1) is 11.3 Å². The van der Waals surface area contributed by atoms with Gasteiger partial charge >= 0.3 is 0 Å². The molecule has 1 N–H and O–H groups in total. The van der Waals surface area contributed by atoms with Crippen molar-refractivity contribution in [1.82, 2.24) is 10.3 Å². The van der Waals surface area contributed by atoms with E-state index in [1.54, 1.807) is 23.5 Å². The molecule has 1 atom stereocenters. The van der Waals surface area contributed by atoms with Gasteiger partial charge in [-0.1, -0.05) is 24.3 Å². The molecule has 1 aliphatic carbocycles. The topological polar surface area (TPSA) is 42.0 Å². The van der Waals surface area contributed by atoms with Gasteiger partial charge in [0.05, 0.1) is 10.7 Å². The summed E-state index contributed by atoms with van der Waals surface area (Å²) in [5.74, 6) is 0.387. The Balaban J connectivity index is 1.57. The van der Waals surface area contributed by atoms with Gasteiger partial charge in [-0.05, 0) is 43.4 Å². The summed E-state index contributed by atoms with van der Waals surface area (Å²) < 4.78 is 0. The maximum atomic E-state index is 12.0. The van der Waals surface area contributed by atoms with Crippen LogP contribution in [-0.2, 0) is 11.2 Å². The Morgan fingerprint density at radius 1 is 1.45 bits per heavy atom. The fourth-order valence-corrected chi connectivity index (χ4v) is 3.55. The molecule has 1 aromatic carbocycles. The zero-order chi connectivity index (χ0) is 15.4. The van der Waals surface area contributed by atoms with E-state index in [1.807, 2.05) is 12.3 Å². The number of amides is 1. The molecule has 1 aromatic heterocycles. The van der Waals surface area contributed by atoms with Crippen molar-refractivity contribution in [3.8, 4) is 0 Å². The molecule has 0 radical (unpaired) electrons. The number of aromatic nitrogens is 1. The number of fused-ring (bicyclic) bond motifs is 1. The standard InChI is InChI=1S/C18H20N2OS/c1-13-20-16(12-22-13)9-10-18(21)19-11-15-7-4-6-14-5-2-3-8-17(14)15/h2-3,5,8-10,12,15H,4,6-7,11H2,1H3,(H,19,21)/b10-9+. The molecular weight excluding hydrogens is 292 g/mol. The minimum atomic E-state index is -0.0475. The van der Waals surface area contributed by atoms with Gasteiger partial charge in [0.15, 0.2) is 0 Å². The molecule has 4 heteroatoms. The maximum absolute atomic E-state index is 12.0. The fraction of sp³-hybridized carbons (Fsp3) is 0.333. The molecule has 0 saturated heterocycles. The monoisotopic (exact) mass is 312 g/mol. The third-order valence-electron chi connectivity index (χ3n) is 4.06. The van der Waals surface area contributed by atoms with Crippen molar-refractivity contribution in [1.29, 1.82) is 0 Å². The number of rotatable bonds is 4. The minimum Gasteiger partial charge on any atom is -0.352 e. The molecule has 2 aromatic rings. The Hall–Kier alpha value is -1.94. The lowest BCUT2D eigenvalue weighted by atomic mass is 9.83. The van der Waals surface area contributed by atoms with Crippen molar-refractivity contribution in [2.75, 3.05) is 6.54 Å². The highest BCUT2D eigenvalue weighted by Gasteiger charge is 2.19. The molecule has 0 fully saturated rings. The van der Waals surface area contributed by atoms with Crippen molar-refractivity contribution in [3.63, 3.8) is 0 Å². The van der Waals surface area contributed by atoms with E-state index in [4.69, 9.17) is 0 Å². The zero-order valence-corrected chi connectivity index (χ0v) is 13.5. The molecule has 1 amide bonds. The molecule has 0 aliphatic heterocycles. The van der Waals surface area contributed by atoms with Crippen molar-refractivity contribution < 1.29 is 4.79 Å². The first-order valence-electron chi connectivity index (χ1n) is 7.68. The van der Waals surface area contributed by atoms with Gasteiger partial charge in [0.1, 0.15) is 0 Å². The van der Waals surface area contributed by atoms with Crippen LogP contribution in [0.2, 0.25) is 0 Å². The number of aryl methyl sites for hydroxylation is 2. The van der Waals surface area contributed by atoms with Gasteiger partial charge in [-0.25, -0.2) is 4.98 Å². The lowest BCUT2D eigenvalue weighted by Gasteiger charge is -2.25. The molecule has 1 heterocycles. The van der Waals surface area contributed by atoms with Gasteiger partial charge in [-0.2, -0.15) is 0 Å². The predicted molar refractivity (Wildman–Crippen MR) is 91.0 cm³/mol. The second-order valence-corrected chi connectivity index (χ2v) is 6.72. The SMILES string of the molecule is Cc1nc(/C=C/C(=O)NCC2CCCc3ccccc32)cs1. The lowest BCUT2D eigenvalue weighted by Crippen LogP contribution is -2.28. The average Bonchev–Trinajstić information content (AvgIpc) is 2.96. The van der Waals surface area contributed by atoms with E-state index in [1.165, 1.54) is 17.5 Å². The highest BCUT2D eigenvalue weighted by molar-refractivity contribution is 7.09. The van der Waals surface area contributed by atoms with E-state index in [0.29, 0.717) is 12.5 Å². The first kappa shape index (κ1) is 15.0. The largest absolute Gasteiger partial charge is 0.352 e. The third kappa shape index (κ3) is 3.63. The van der Waals surface area contributed by atoms with Crippen molar-refractivity contribution >= 4 is 23.3 Å². The van der Waals surface area contributed by atoms with Crippen LogP contribution in [0.5, 0.6) is 0 Å². The summed E-state index contributed by atoms with van der Waals surface area (Å²) in [7, 11) is 0. The maximum Gasteiger partial charge on any atom is 0.244 e. The summed E-state index contributed by atoms with van der Waals surface area (Å²) in [5.41, 5.74) is 3.68. The molecule has 22 heavy (non-hydrogen) atoms. The molecule has 0 spiro atoms. The normalized spacial score (nSPS) is 17.4. The number of benzene rings is 1. The Bertz CT molecular complexity index is 690. The van der Waals surface area contributed by atoms with Crippen LogP contribution in [0.25, 0.3) is 6.08 Å². The number of hydrogen-bond acceptors (Lipinski definition) is 3. The van der Waals surface area contributed by atoms with Gasteiger partial charge in [0.2, 0.25) is 5.91 Å². The first-order chi connectivity index (χ1) is 10.7. The molecule has 0 bridgehead atoms. The van der Waals surface area contributed by atoms with Crippen molar-refractivity contribution in [2.24, 2.45) is 0 Å². The number of carbonyl (C=O) groups is 1. The molecule has 3 rings (SSSR count). The summed E-state index contributed by atoms with van der Waals surface area (Å²) >= 11 is 1.59. The lowest BCUT2D eigenvalue weighted by molar-refractivity contribution is -0.116. The van der Waals surface area contributed by atoms with Crippen LogP contribution >= 0.6 is 11.3 Å². The van der Waals surface area contributed by atoms with Crippen LogP contribution in [0, 0.1) is 6.92 Å². The second-order valence-electron chi connectivity index (χ2n) is 5.66. The Morgan fingerprint density at radius 2 is 2.32 bits per heavy atom. The van der Waals surface area contributed by atoms with Gasteiger partial charge in [-0.3, -0.25) is 4.79 Å². The summed E-state index contributed by atoms with van der Waals surface area (Å²) in [5, 5.41) is 5.99. The third-order valence-corrected chi connectivity index (χ3v) is 4.85. The first-order valence-corrected chi connectivity index (χ1v) is 8.56. The summed E-state index contributed by atoms with van der Waals surface area (Å²) in [6, 6.07) is 8.58. The number of hydrogen-bond donors (Lipinski definition) is 1. The molecule has 1 aliphatic rings. The molecule has 0 saturated carbocycles. The predicted octanol–water partition coefficient (Wildman–Crippen LogP) is 3.70. The van der Waals surface area contributed by atoms with Crippen LogP contribution in [0.3, 0.4) is 0 Å². The van der Waals surface area contributed by atoms with E-state index < -0.39 is 0 Å². The Labute approximate surface area is 135 Å². The summed E-state index contributed by atoms with van der Waals surface area (Å²) in [4.78, 5) is 16.3. The number of carbonyl (C=O) groups excluding carboxylic acids is 1. The number of thiazole rings is 1. The highest BCUT2D eigenvalue weighted by Crippen LogP contribution is 2.30. The highest BCUT2D eigenvalue weighted by atomic mass is 32.1. The van der Waals surface area contributed by atoms with Crippen molar-refractivity contribution in [2.45, 2.75) is 32.1 Å². The Kier molecular flexibility index (Phi) is 4.68. The van der Waals surface area contributed by atoms with Crippen LogP contribution in [-0.4, -0.2) is 17.4 Å². The molecule has 1 unspecified atom stereocenters. The summed E-state index contributed by atoms with van der Waals surface area (Å²) in [6.07, 6.45) is 6.85. The van der Waals surface area contributed by atoms with Crippen LogP contribution in [0.15, 0.2) is 35.7 Å².